The Morgan fingerprint density at radius 3 is 2.86 bits per heavy atom. The van der Waals surface area contributed by atoms with Crippen LogP contribution in [0.2, 0.25) is 0 Å². The first-order valence-corrected chi connectivity index (χ1v) is 6.50. The summed E-state index contributed by atoms with van der Waals surface area (Å²) in [5, 5.41) is 2.14. The maximum absolute atomic E-state index is 6.15. The molecule has 2 rings (SSSR count). The fourth-order valence-electron chi connectivity index (χ4n) is 2.44. The second-order valence-corrected chi connectivity index (χ2v) is 5.46. The summed E-state index contributed by atoms with van der Waals surface area (Å²) in [4.78, 5) is 1.44. The first kappa shape index (κ1) is 10.2. The fourth-order valence-corrected chi connectivity index (χ4v) is 3.24. The molecular formula is C12H19NS. The van der Waals surface area contributed by atoms with Gasteiger partial charge in [0.15, 0.2) is 0 Å². The Labute approximate surface area is 90.3 Å². The summed E-state index contributed by atoms with van der Waals surface area (Å²) in [5.74, 6) is 0.921. The Kier molecular flexibility index (Phi) is 3.60. The number of thiophene rings is 1. The molecule has 0 aromatic carbocycles. The molecular weight excluding hydrogens is 190 g/mol. The standard InChI is InChI=1S/C12H19NS/c13-11(8-10-4-1-2-5-10)9-12-6-3-7-14-12/h3,6-7,10-11H,1-2,4-5,8-9,13H2. The van der Waals surface area contributed by atoms with Gasteiger partial charge in [-0.3, -0.25) is 0 Å². The molecule has 1 heterocycles. The predicted molar refractivity (Wildman–Crippen MR) is 62.6 cm³/mol. The molecule has 1 fully saturated rings. The normalized spacial score (nSPS) is 20.1. The van der Waals surface area contributed by atoms with E-state index in [-0.39, 0.29) is 0 Å². The third-order valence-corrected chi connectivity index (χ3v) is 4.05. The maximum Gasteiger partial charge on any atom is 0.00898 e. The zero-order valence-electron chi connectivity index (χ0n) is 8.61. The van der Waals surface area contributed by atoms with Crippen LogP contribution in [0.25, 0.3) is 0 Å². The average molecular weight is 209 g/mol. The van der Waals surface area contributed by atoms with E-state index >= 15 is 0 Å². The summed E-state index contributed by atoms with van der Waals surface area (Å²) in [7, 11) is 0. The summed E-state index contributed by atoms with van der Waals surface area (Å²) in [5.41, 5.74) is 6.15. The second-order valence-electron chi connectivity index (χ2n) is 4.43. The van der Waals surface area contributed by atoms with E-state index in [1.165, 1.54) is 37.0 Å². The molecule has 1 aliphatic carbocycles. The fraction of sp³-hybridized carbons (Fsp3) is 0.667. The van der Waals surface area contributed by atoms with Crippen molar-refractivity contribution in [2.24, 2.45) is 11.7 Å². The number of hydrogen-bond donors (Lipinski definition) is 1. The molecule has 1 unspecified atom stereocenters. The van der Waals surface area contributed by atoms with E-state index in [4.69, 9.17) is 5.73 Å². The van der Waals surface area contributed by atoms with Gasteiger partial charge < -0.3 is 5.73 Å². The van der Waals surface area contributed by atoms with E-state index in [1.807, 2.05) is 11.3 Å². The van der Waals surface area contributed by atoms with Crippen LogP contribution in [0.3, 0.4) is 0 Å². The number of hydrogen-bond acceptors (Lipinski definition) is 2. The van der Waals surface area contributed by atoms with Crippen LogP contribution in [0.15, 0.2) is 17.5 Å². The third-order valence-electron chi connectivity index (χ3n) is 3.15. The lowest BCUT2D eigenvalue weighted by Gasteiger charge is -2.15. The van der Waals surface area contributed by atoms with Crippen molar-refractivity contribution < 1.29 is 0 Å². The van der Waals surface area contributed by atoms with Gasteiger partial charge in [-0.05, 0) is 30.2 Å². The van der Waals surface area contributed by atoms with Gasteiger partial charge in [0, 0.05) is 10.9 Å². The molecule has 1 aromatic rings. The van der Waals surface area contributed by atoms with Crippen molar-refractivity contribution in [2.45, 2.75) is 44.6 Å². The molecule has 0 saturated heterocycles. The zero-order valence-corrected chi connectivity index (χ0v) is 9.43. The van der Waals surface area contributed by atoms with Crippen molar-refractivity contribution in [3.63, 3.8) is 0 Å². The molecule has 2 heteroatoms. The summed E-state index contributed by atoms with van der Waals surface area (Å²) in [6, 6.07) is 4.69. The van der Waals surface area contributed by atoms with Gasteiger partial charge >= 0.3 is 0 Å². The first-order chi connectivity index (χ1) is 6.84. The molecule has 1 saturated carbocycles. The van der Waals surface area contributed by atoms with Gasteiger partial charge in [0.05, 0.1) is 0 Å². The molecule has 0 amide bonds. The van der Waals surface area contributed by atoms with E-state index in [0.29, 0.717) is 6.04 Å². The van der Waals surface area contributed by atoms with Gasteiger partial charge in [-0.25, -0.2) is 0 Å². The van der Waals surface area contributed by atoms with Crippen LogP contribution < -0.4 is 5.73 Å². The zero-order chi connectivity index (χ0) is 9.80. The van der Waals surface area contributed by atoms with Gasteiger partial charge in [0.1, 0.15) is 0 Å². The van der Waals surface area contributed by atoms with Crippen LogP contribution in [-0.4, -0.2) is 6.04 Å². The molecule has 14 heavy (non-hydrogen) atoms. The topological polar surface area (TPSA) is 26.0 Å². The van der Waals surface area contributed by atoms with Crippen molar-refractivity contribution >= 4 is 11.3 Å². The van der Waals surface area contributed by atoms with Crippen molar-refractivity contribution in [3.05, 3.63) is 22.4 Å². The van der Waals surface area contributed by atoms with E-state index < -0.39 is 0 Å². The van der Waals surface area contributed by atoms with Crippen LogP contribution in [0.1, 0.15) is 37.0 Å². The summed E-state index contributed by atoms with van der Waals surface area (Å²) in [6.07, 6.45) is 8.00. The van der Waals surface area contributed by atoms with Crippen molar-refractivity contribution in [1.29, 1.82) is 0 Å². The Hall–Kier alpha value is -0.340. The lowest BCUT2D eigenvalue weighted by atomic mass is 9.97. The Morgan fingerprint density at radius 2 is 2.21 bits per heavy atom. The van der Waals surface area contributed by atoms with Crippen LogP contribution in [-0.2, 0) is 6.42 Å². The Morgan fingerprint density at radius 1 is 1.43 bits per heavy atom. The highest BCUT2D eigenvalue weighted by Gasteiger charge is 2.18. The third kappa shape index (κ3) is 2.82. The van der Waals surface area contributed by atoms with Crippen LogP contribution >= 0.6 is 11.3 Å². The first-order valence-electron chi connectivity index (χ1n) is 5.62. The van der Waals surface area contributed by atoms with E-state index in [9.17, 15) is 0 Å². The molecule has 78 valence electrons. The van der Waals surface area contributed by atoms with Gasteiger partial charge in [0.25, 0.3) is 0 Å². The monoisotopic (exact) mass is 209 g/mol. The predicted octanol–water partition coefficient (Wildman–Crippen LogP) is 3.20. The molecule has 1 atom stereocenters. The van der Waals surface area contributed by atoms with Gasteiger partial charge in [-0.15, -0.1) is 11.3 Å². The van der Waals surface area contributed by atoms with Crippen LogP contribution in [0, 0.1) is 5.92 Å². The highest BCUT2D eigenvalue weighted by Crippen LogP contribution is 2.29. The summed E-state index contributed by atoms with van der Waals surface area (Å²) >= 11 is 1.83. The minimum atomic E-state index is 0.386. The van der Waals surface area contributed by atoms with Gasteiger partial charge in [0.2, 0.25) is 0 Å². The lowest BCUT2D eigenvalue weighted by molar-refractivity contribution is 0.442. The SMILES string of the molecule is NC(Cc1cccs1)CC1CCCC1. The quantitative estimate of drug-likeness (QED) is 0.809. The smallest absolute Gasteiger partial charge is 0.00898 e. The van der Waals surface area contributed by atoms with Crippen molar-refractivity contribution in [2.75, 3.05) is 0 Å². The number of nitrogens with two attached hydrogens (primary N) is 1. The van der Waals surface area contributed by atoms with Crippen molar-refractivity contribution in [1.82, 2.24) is 0 Å². The lowest BCUT2D eigenvalue weighted by Crippen LogP contribution is -2.24. The van der Waals surface area contributed by atoms with Gasteiger partial charge in [-0.2, -0.15) is 0 Å². The molecule has 2 N–H and O–H groups in total. The second kappa shape index (κ2) is 4.94. The maximum atomic E-state index is 6.15. The minimum Gasteiger partial charge on any atom is -0.327 e. The van der Waals surface area contributed by atoms with Crippen molar-refractivity contribution in [3.8, 4) is 0 Å². The van der Waals surface area contributed by atoms with Crippen LogP contribution in [0.5, 0.6) is 0 Å². The molecule has 0 spiro atoms. The summed E-state index contributed by atoms with van der Waals surface area (Å²) < 4.78 is 0. The Balaban J connectivity index is 1.75. The molecule has 0 aliphatic heterocycles. The van der Waals surface area contributed by atoms with E-state index in [0.717, 1.165) is 12.3 Å². The molecule has 0 bridgehead atoms. The van der Waals surface area contributed by atoms with E-state index in [2.05, 4.69) is 17.5 Å². The highest BCUT2D eigenvalue weighted by molar-refractivity contribution is 7.09. The minimum absolute atomic E-state index is 0.386. The van der Waals surface area contributed by atoms with E-state index in [1.54, 1.807) is 0 Å². The molecule has 0 radical (unpaired) electrons. The molecule has 1 aliphatic rings. The Bertz CT molecular complexity index is 249. The van der Waals surface area contributed by atoms with Gasteiger partial charge in [-0.1, -0.05) is 31.7 Å². The van der Waals surface area contributed by atoms with Crippen LogP contribution in [0.4, 0.5) is 0 Å². The summed E-state index contributed by atoms with van der Waals surface area (Å²) in [6.45, 7) is 0. The number of rotatable bonds is 4. The highest BCUT2D eigenvalue weighted by atomic mass is 32.1. The molecule has 1 nitrogen and oxygen atoms in total. The average Bonchev–Trinajstić information content (AvgIpc) is 2.76. The molecule has 1 aromatic heterocycles. The largest absolute Gasteiger partial charge is 0.327 e.